The molecule has 1 fully saturated rings. The Morgan fingerprint density at radius 1 is 1.10 bits per heavy atom. The molecule has 2 aromatic carbocycles. The Morgan fingerprint density at radius 3 is 2.42 bits per heavy atom. The van der Waals surface area contributed by atoms with Gasteiger partial charge in [0.1, 0.15) is 5.82 Å². The Hall–Kier alpha value is -2.78. The number of amides is 2. The van der Waals surface area contributed by atoms with Crippen molar-refractivity contribution in [2.45, 2.75) is 37.5 Å². The van der Waals surface area contributed by atoms with Gasteiger partial charge in [0.25, 0.3) is 0 Å². The number of halogens is 1. The monoisotopic (exact) mass is 447 g/mol. The molecule has 2 amide bonds. The van der Waals surface area contributed by atoms with Crippen molar-refractivity contribution in [3.8, 4) is 0 Å². The highest BCUT2D eigenvalue weighted by Crippen LogP contribution is 2.31. The summed E-state index contributed by atoms with van der Waals surface area (Å²) in [6, 6.07) is 9.95. The first-order valence-electron chi connectivity index (χ1n) is 10.1. The topological polar surface area (TPSA) is 95.6 Å². The van der Waals surface area contributed by atoms with Crippen LogP contribution in [0.15, 0.2) is 47.4 Å². The number of benzene rings is 2. The fraction of sp³-hybridized carbons (Fsp3) is 0.364. The minimum atomic E-state index is -3.74. The maximum Gasteiger partial charge on any atom is 0.242 e. The highest BCUT2D eigenvalue weighted by atomic mass is 32.2. The number of hydrogen-bond donors (Lipinski definition) is 2. The molecule has 1 aliphatic carbocycles. The third kappa shape index (κ3) is 6.11. The minimum absolute atomic E-state index is 0.00142. The molecule has 0 atom stereocenters. The Kier molecular flexibility index (Phi) is 7.07. The van der Waals surface area contributed by atoms with Crippen LogP contribution in [0.3, 0.4) is 0 Å². The third-order valence-corrected chi connectivity index (χ3v) is 7.00. The Labute approximate surface area is 181 Å². The summed E-state index contributed by atoms with van der Waals surface area (Å²) in [6.07, 6.45) is 2.26. The van der Waals surface area contributed by atoms with E-state index in [1.54, 1.807) is 12.1 Å². The molecular formula is C22H26FN3O4S. The molecule has 1 aliphatic rings. The molecule has 0 radical (unpaired) electrons. The molecule has 2 aromatic rings. The van der Waals surface area contributed by atoms with Gasteiger partial charge in [-0.3, -0.25) is 9.59 Å². The van der Waals surface area contributed by atoms with Gasteiger partial charge in [-0.25, -0.2) is 17.1 Å². The van der Waals surface area contributed by atoms with Gasteiger partial charge in [-0.2, -0.15) is 0 Å². The maximum atomic E-state index is 13.0. The SMILES string of the molecule is Cc1ccc(NC(=O)C2CC2)cc1NC(=O)CCCN(C)S(=O)(=O)c1ccc(F)cc1. The number of aryl methyl sites for hydroxylation is 1. The lowest BCUT2D eigenvalue weighted by Crippen LogP contribution is -2.28. The molecule has 7 nitrogen and oxygen atoms in total. The molecule has 1 saturated carbocycles. The molecule has 166 valence electrons. The fourth-order valence-electron chi connectivity index (χ4n) is 3.01. The first kappa shape index (κ1) is 22.9. The molecule has 0 bridgehead atoms. The average Bonchev–Trinajstić information content (AvgIpc) is 3.56. The second-order valence-corrected chi connectivity index (χ2v) is 9.77. The van der Waals surface area contributed by atoms with E-state index in [0.717, 1.165) is 34.8 Å². The summed E-state index contributed by atoms with van der Waals surface area (Å²) in [5, 5.41) is 5.67. The lowest BCUT2D eigenvalue weighted by atomic mass is 10.1. The van der Waals surface area contributed by atoms with Crippen molar-refractivity contribution in [1.29, 1.82) is 0 Å². The van der Waals surface area contributed by atoms with Crippen LogP contribution in [0.5, 0.6) is 0 Å². The summed E-state index contributed by atoms with van der Waals surface area (Å²) in [5.74, 6) is -0.680. The number of rotatable bonds is 9. The van der Waals surface area contributed by atoms with E-state index in [-0.39, 0.29) is 35.6 Å². The van der Waals surface area contributed by atoms with Crippen molar-refractivity contribution in [2.75, 3.05) is 24.2 Å². The first-order valence-corrected chi connectivity index (χ1v) is 11.5. The molecule has 9 heteroatoms. The van der Waals surface area contributed by atoms with Crippen molar-refractivity contribution >= 4 is 33.2 Å². The number of nitrogens with one attached hydrogen (secondary N) is 2. The van der Waals surface area contributed by atoms with Crippen molar-refractivity contribution in [3.05, 3.63) is 53.8 Å². The molecular weight excluding hydrogens is 421 g/mol. The quantitative estimate of drug-likeness (QED) is 0.615. The lowest BCUT2D eigenvalue weighted by Gasteiger charge is -2.17. The van der Waals surface area contributed by atoms with Crippen LogP contribution >= 0.6 is 0 Å². The van der Waals surface area contributed by atoms with Crippen molar-refractivity contribution < 1.29 is 22.4 Å². The molecule has 0 heterocycles. The Balaban J connectivity index is 1.51. The van der Waals surface area contributed by atoms with Gasteiger partial charge in [0.05, 0.1) is 4.90 Å². The number of hydrogen-bond acceptors (Lipinski definition) is 4. The summed E-state index contributed by atoms with van der Waals surface area (Å²) >= 11 is 0. The molecule has 0 aromatic heterocycles. The van der Waals surface area contributed by atoms with Crippen molar-refractivity contribution in [1.82, 2.24) is 4.31 Å². The van der Waals surface area contributed by atoms with E-state index in [1.807, 2.05) is 13.0 Å². The summed E-state index contributed by atoms with van der Waals surface area (Å²) in [6.45, 7) is 1.99. The van der Waals surface area contributed by atoms with Crippen LogP contribution < -0.4 is 10.6 Å². The van der Waals surface area contributed by atoms with Gasteiger partial charge in [-0.1, -0.05) is 6.07 Å². The Morgan fingerprint density at radius 2 is 1.77 bits per heavy atom. The molecule has 31 heavy (non-hydrogen) atoms. The van der Waals surface area contributed by atoms with E-state index >= 15 is 0 Å². The van der Waals surface area contributed by atoms with E-state index < -0.39 is 15.8 Å². The number of anilines is 2. The standard InChI is InChI=1S/C22H26FN3O4S/c1-15-5-10-18(24-22(28)16-6-7-16)14-20(15)25-21(27)4-3-13-26(2)31(29,30)19-11-8-17(23)9-12-19/h5,8-12,14,16H,3-4,6-7,13H2,1-2H3,(H,24,28)(H,25,27). The van der Waals surface area contributed by atoms with Crippen LogP contribution in [0.2, 0.25) is 0 Å². The predicted octanol–water partition coefficient (Wildman–Crippen LogP) is 3.52. The van der Waals surface area contributed by atoms with Crippen LogP contribution in [0.25, 0.3) is 0 Å². The highest BCUT2D eigenvalue weighted by Gasteiger charge is 2.29. The molecule has 0 unspecified atom stereocenters. The van der Waals surface area contributed by atoms with Gasteiger partial charge in [-0.05, 0) is 68.1 Å². The summed E-state index contributed by atoms with van der Waals surface area (Å²) < 4.78 is 39.2. The normalized spacial score (nSPS) is 13.8. The van der Waals surface area contributed by atoms with Gasteiger partial charge in [0.15, 0.2) is 0 Å². The van der Waals surface area contributed by atoms with Crippen molar-refractivity contribution in [3.63, 3.8) is 0 Å². The summed E-state index contributed by atoms with van der Waals surface area (Å²) in [4.78, 5) is 24.3. The van der Waals surface area contributed by atoms with Crippen LogP contribution in [0.4, 0.5) is 15.8 Å². The Bertz CT molecular complexity index is 1070. The molecule has 0 saturated heterocycles. The number of nitrogens with zero attached hydrogens (tertiary/aromatic N) is 1. The predicted molar refractivity (Wildman–Crippen MR) is 117 cm³/mol. The van der Waals surface area contributed by atoms with E-state index in [1.165, 1.54) is 19.2 Å². The zero-order chi connectivity index (χ0) is 22.6. The lowest BCUT2D eigenvalue weighted by molar-refractivity contribution is -0.117. The molecule has 3 rings (SSSR count). The van der Waals surface area contributed by atoms with Crippen LogP contribution in [-0.2, 0) is 19.6 Å². The molecule has 0 spiro atoms. The van der Waals surface area contributed by atoms with Gasteiger partial charge in [-0.15, -0.1) is 0 Å². The van der Waals surface area contributed by atoms with Crippen LogP contribution in [0, 0.1) is 18.7 Å². The number of sulfonamides is 1. The summed E-state index contributed by atoms with van der Waals surface area (Å²) in [5.41, 5.74) is 2.09. The van der Waals surface area contributed by atoms with Gasteiger partial charge < -0.3 is 10.6 Å². The van der Waals surface area contributed by atoms with Crippen molar-refractivity contribution in [2.24, 2.45) is 5.92 Å². The number of carbonyl (C=O) groups excluding carboxylic acids is 2. The highest BCUT2D eigenvalue weighted by molar-refractivity contribution is 7.89. The average molecular weight is 448 g/mol. The van der Waals surface area contributed by atoms with E-state index in [9.17, 15) is 22.4 Å². The van der Waals surface area contributed by atoms with Gasteiger partial charge >= 0.3 is 0 Å². The smallest absolute Gasteiger partial charge is 0.242 e. The zero-order valence-electron chi connectivity index (χ0n) is 17.5. The second kappa shape index (κ2) is 9.57. The number of carbonyl (C=O) groups is 2. The van der Waals surface area contributed by atoms with E-state index in [4.69, 9.17) is 0 Å². The second-order valence-electron chi connectivity index (χ2n) is 7.73. The molecule has 0 aliphatic heterocycles. The van der Waals surface area contributed by atoms with Crippen LogP contribution in [-0.4, -0.2) is 38.1 Å². The van der Waals surface area contributed by atoms with Gasteiger partial charge in [0.2, 0.25) is 21.8 Å². The first-order chi connectivity index (χ1) is 14.7. The van der Waals surface area contributed by atoms with E-state index in [2.05, 4.69) is 10.6 Å². The maximum absolute atomic E-state index is 13.0. The third-order valence-electron chi connectivity index (χ3n) is 5.13. The van der Waals surface area contributed by atoms with E-state index in [0.29, 0.717) is 17.8 Å². The van der Waals surface area contributed by atoms with Crippen LogP contribution in [0.1, 0.15) is 31.2 Å². The largest absolute Gasteiger partial charge is 0.326 e. The minimum Gasteiger partial charge on any atom is -0.326 e. The fourth-order valence-corrected chi connectivity index (χ4v) is 4.22. The van der Waals surface area contributed by atoms with Gasteiger partial charge in [0, 0.05) is 37.3 Å². The molecule has 2 N–H and O–H groups in total. The summed E-state index contributed by atoms with van der Waals surface area (Å²) in [7, 11) is -2.32. The zero-order valence-corrected chi connectivity index (χ0v) is 18.3.